The maximum absolute atomic E-state index is 3.11. The number of rotatable bonds is 0. The molecule has 0 saturated carbocycles. The summed E-state index contributed by atoms with van der Waals surface area (Å²) in [4.78, 5) is 0. The highest BCUT2D eigenvalue weighted by atomic mass is 14.0. The summed E-state index contributed by atoms with van der Waals surface area (Å²) >= 11 is 0. The smallest absolute Gasteiger partial charge is 0.0251 e. The van der Waals surface area contributed by atoms with Crippen molar-refractivity contribution in [2.45, 2.75) is 13.8 Å². The third kappa shape index (κ3) is 2.13. The Morgan fingerprint density at radius 1 is 0.600 bits per heavy atom. The van der Waals surface area contributed by atoms with Crippen LogP contribution in [0.4, 0.5) is 0 Å². The van der Waals surface area contributed by atoms with Crippen LogP contribution in [0.3, 0.4) is 0 Å². The van der Waals surface area contributed by atoms with Crippen LogP contribution in [0.1, 0.15) is 25.0 Å². The molecule has 0 atom stereocenters. The van der Waals surface area contributed by atoms with Gasteiger partial charge in [-0.1, -0.05) is 36.1 Å². The maximum Gasteiger partial charge on any atom is 0.0251 e. The van der Waals surface area contributed by atoms with Crippen LogP contribution in [0.2, 0.25) is 0 Å². The van der Waals surface area contributed by atoms with Gasteiger partial charge < -0.3 is 0 Å². The molecule has 20 heavy (non-hydrogen) atoms. The third-order valence-corrected chi connectivity index (χ3v) is 3.37. The molecule has 0 nitrogen and oxygen atoms in total. The predicted octanol–water partition coefficient (Wildman–Crippen LogP) is 4.74. The van der Waals surface area contributed by atoms with Crippen LogP contribution in [0.5, 0.6) is 0 Å². The first-order valence-electron chi connectivity index (χ1n) is 6.64. The third-order valence-electron chi connectivity index (χ3n) is 3.37. The fraction of sp³-hybridized carbons (Fsp3) is 0.100. The van der Waals surface area contributed by atoms with E-state index >= 15 is 0 Å². The fourth-order valence-electron chi connectivity index (χ4n) is 2.52. The van der Waals surface area contributed by atoms with Crippen molar-refractivity contribution in [2.75, 3.05) is 0 Å². The lowest BCUT2D eigenvalue weighted by Crippen LogP contribution is -1.82. The van der Waals surface area contributed by atoms with Crippen molar-refractivity contribution in [3.05, 3.63) is 59.7 Å². The van der Waals surface area contributed by atoms with Crippen LogP contribution in [0.15, 0.2) is 48.5 Å². The van der Waals surface area contributed by atoms with Crippen LogP contribution < -0.4 is 0 Å². The SMILES string of the molecule is CC#Cc1ccc2c(ccc3cc(C#CC)ccc32)c1. The van der Waals surface area contributed by atoms with Gasteiger partial charge in [0.05, 0.1) is 0 Å². The second-order valence-electron chi connectivity index (χ2n) is 4.69. The second kappa shape index (κ2) is 5.12. The van der Waals surface area contributed by atoms with Gasteiger partial charge in [0.2, 0.25) is 0 Å². The molecule has 0 aliphatic rings. The summed E-state index contributed by atoms with van der Waals surface area (Å²) in [6.45, 7) is 3.72. The van der Waals surface area contributed by atoms with Gasteiger partial charge in [0.25, 0.3) is 0 Å². The van der Waals surface area contributed by atoms with Crippen LogP contribution >= 0.6 is 0 Å². The zero-order valence-electron chi connectivity index (χ0n) is 11.6. The summed E-state index contributed by atoms with van der Waals surface area (Å²) in [5, 5.41) is 4.99. The number of hydrogen-bond donors (Lipinski definition) is 0. The summed E-state index contributed by atoms with van der Waals surface area (Å²) in [6, 6.07) is 17.1. The van der Waals surface area contributed by atoms with E-state index in [0.29, 0.717) is 0 Å². The molecule has 0 spiro atoms. The zero-order chi connectivity index (χ0) is 13.9. The summed E-state index contributed by atoms with van der Waals surface area (Å²) in [5.74, 6) is 12.1. The lowest BCUT2D eigenvalue weighted by molar-refractivity contribution is 1.68. The highest BCUT2D eigenvalue weighted by Gasteiger charge is 2.01. The van der Waals surface area contributed by atoms with Gasteiger partial charge in [0.1, 0.15) is 0 Å². The molecule has 0 heterocycles. The lowest BCUT2D eigenvalue weighted by Gasteiger charge is -2.05. The number of fused-ring (bicyclic) bond motifs is 3. The molecule has 3 aromatic rings. The van der Waals surface area contributed by atoms with E-state index in [9.17, 15) is 0 Å². The Hall–Kier alpha value is -2.70. The Morgan fingerprint density at radius 2 is 1.05 bits per heavy atom. The first-order valence-corrected chi connectivity index (χ1v) is 6.64. The van der Waals surface area contributed by atoms with Crippen molar-refractivity contribution < 1.29 is 0 Å². The predicted molar refractivity (Wildman–Crippen MR) is 86.6 cm³/mol. The molecule has 0 saturated heterocycles. The normalized spacial score (nSPS) is 9.70. The first kappa shape index (κ1) is 12.3. The summed E-state index contributed by atoms with van der Waals surface area (Å²) < 4.78 is 0. The largest absolute Gasteiger partial charge is 0.101 e. The topological polar surface area (TPSA) is 0 Å². The Bertz CT molecular complexity index is 844. The molecule has 3 aromatic carbocycles. The Balaban J connectivity index is 2.29. The molecule has 0 aliphatic carbocycles. The van der Waals surface area contributed by atoms with E-state index in [2.05, 4.69) is 72.2 Å². The van der Waals surface area contributed by atoms with Crippen molar-refractivity contribution in [2.24, 2.45) is 0 Å². The molecule has 3 rings (SSSR count). The van der Waals surface area contributed by atoms with Gasteiger partial charge >= 0.3 is 0 Å². The van der Waals surface area contributed by atoms with Crippen molar-refractivity contribution >= 4 is 21.5 Å². The second-order valence-corrected chi connectivity index (χ2v) is 4.69. The van der Waals surface area contributed by atoms with Crippen LogP contribution in [-0.2, 0) is 0 Å². The molecule has 0 radical (unpaired) electrons. The monoisotopic (exact) mass is 254 g/mol. The van der Waals surface area contributed by atoms with Gasteiger partial charge in [-0.2, -0.15) is 0 Å². The molecule has 0 bridgehead atoms. The lowest BCUT2D eigenvalue weighted by atomic mass is 9.99. The Kier molecular flexibility index (Phi) is 3.16. The molecular weight excluding hydrogens is 240 g/mol. The van der Waals surface area contributed by atoms with E-state index in [-0.39, 0.29) is 0 Å². The minimum Gasteiger partial charge on any atom is -0.101 e. The van der Waals surface area contributed by atoms with E-state index in [1.54, 1.807) is 0 Å². The number of hydrogen-bond acceptors (Lipinski definition) is 0. The summed E-state index contributed by atoms with van der Waals surface area (Å²) in [7, 11) is 0. The average molecular weight is 254 g/mol. The molecule has 0 unspecified atom stereocenters. The summed E-state index contributed by atoms with van der Waals surface area (Å²) in [5.41, 5.74) is 2.13. The van der Waals surface area contributed by atoms with Crippen molar-refractivity contribution in [1.82, 2.24) is 0 Å². The highest BCUT2D eigenvalue weighted by Crippen LogP contribution is 2.26. The van der Waals surface area contributed by atoms with Gasteiger partial charge in [0.15, 0.2) is 0 Å². The highest BCUT2D eigenvalue weighted by molar-refractivity contribution is 6.08. The molecule has 0 aliphatic heterocycles. The van der Waals surface area contributed by atoms with E-state index in [4.69, 9.17) is 0 Å². The van der Waals surface area contributed by atoms with Gasteiger partial charge in [0, 0.05) is 11.1 Å². The average Bonchev–Trinajstić information content (AvgIpc) is 2.47. The van der Waals surface area contributed by atoms with Gasteiger partial charge in [-0.05, 0) is 59.7 Å². The Morgan fingerprint density at radius 3 is 1.45 bits per heavy atom. The van der Waals surface area contributed by atoms with Gasteiger partial charge in [-0.3, -0.25) is 0 Å². The van der Waals surface area contributed by atoms with Crippen LogP contribution in [0, 0.1) is 23.7 Å². The minimum atomic E-state index is 1.06. The van der Waals surface area contributed by atoms with Gasteiger partial charge in [-0.15, -0.1) is 11.8 Å². The molecule has 0 amide bonds. The quantitative estimate of drug-likeness (QED) is 0.401. The minimum absolute atomic E-state index is 1.06. The Labute approximate surface area is 119 Å². The van der Waals surface area contributed by atoms with Crippen LogP contribution in [-0.4, -0.2) is 0 Å². The molecule has 0 N–H and O–H groups in total. The molecule has 0 heteroatoms. The molecular formula is C20H14. The standard InChI is InChI=1S/C20H14/c1-3-5-15-7-11-19-17(13-15)9-10-18-14-16(6-4-2)8-12-20(18)19/h7-14H,1-2H3. The van der Waals surface area contributed by atoms with Crippen molar-refractivity contribution in [1.29, 1.82) is 0 Å². The molecule has 0 fully saturated rings. The van der Waals surface area contributed by atoms with Gasteiger partial charge in [-0.25, -0.2) is 0 Å². The van der Waals surface area contributed by atoms with E-state index in [1.165, 1.54) is 21.5 Å². The zero-order valence-corrected chi connectivity index (χ0v) is 11.6. The first-order chi connectivity index (χ1) is 9.81. The van der Waals surface area contributed by atoms with E-state index < -0.39 is 0 Å². The molecule has 0 aromatic heterocycles. The van der Waals surface area contributed by atoms with Crippen molar-refractivity contribution in [3.8, 4) is 23.7 Å². The van der Waals surface area contributed by atoms with E-state index in [1.807, 2.05) is 13.8 Å². The maximum atomic E-state index is 3.11. The fourth-order valence-corrected chi connectivity index (χ4v) is 2.52. The van der Waals surface area contributed by atoms with Crippen molar-refractivity contribution in [3.63, 3.8) is 0 Å². The van der Waals surface area contributed by atoms with Crippen LogP contribution in [0.25, 0.3) is 21.5 Å². The number of benzene rings is 3. The summed E-state index contributed by atoms with van der Waals surface area (Å²) in [6.07, 6.45) is 0. The van der Waals surface area contributed by atoms with E-state index in [0.717, 1.165) is 11.1 Å². The molecule has 94 valence electrons.